The molecule has 22 heavy (non-hydrogen) atoms. The predicted molar refractivity (Wildman–Crippen MR) is 80.7 cm³/mol. The van der Waals surface area contributed by atoms with E-state index in [1.54, 1.807) is 12.1 Å². The Morgan fingerprint density at radius 1 is 1.09 bits per heavy atom. The monoisotopic (exact) mass is 296 g/mol. The second-order valence-corrected chi connectivity index (χ2v) is 4.70. The Morgan fingerprint density at radius 3 is 2.18 bits per heavy atom. The molecule has 0 fully saturated rings. The van der Waals surface area contributed by atoms with E-state index >= 15 is 0 Å². The Hall–Kier alpha value is -3.02. The standard InChI is InChI=1S/C16H16N4O2/c1-19-11-9-14(10-12-19)4-3-13-5-7-15(8-6-13)17-18-20(2)16(21)22/h3-12H,1-2H3. The van der Waals surface area contributed by atoms with Crippen LogP contribution in [0.1, 0.15) is 11.1 Å². The molecule has 1 aromatic heterocycles. The molecule has 0 aliphatic rings. The highest BCUT2D eigenvalue weighted by molar-refractivity contribution is 5.69. The first-order chi connectivity index (χ1) is 10.5. The van der Waals surface area contributed by atoms with Gasteiger partial charge in [-0.3, -0.25) is 0 Å². The first-order valence-corrected chi connectivity index (χ1v) is 6.64. The zero-order chi connectivity index (χ0) is 15.9. The van der Waals surface area contributed by atoms with Gasteiger partial charge in [-0.2, -0.15) is 0 Å². The van der Waals surface area contributed by atoms with Crippen molar-refractivity contribution in [2.45, 2.75) is 0 Å². The molecule has 6 nitrogen and oxygen atoms in total. The van der Waals surface area contributed by atoms with Crippen LogP contribution in [0.2, 0.25) is 0 Å². The molecule has 0 atom stereocenters. The summed E-state index contributed by atoms with van der Waals surface area (Å²) in [5.41, 5.74) is 2.69. The zero-order valence-electron chi connectivity index (χ0n) is 12.4. The van der Waals surface area contributed by atoms with E-state index in [0.717, 1.165) is 11.1 Å². The smallest absolute Gasteiger partial charge is 0.169 e. The molecule has 2 aromatic rings. The molecule has 0 unspecified atom stereocenters. The number of aromatic nitrogens is 1. The number of amides is 1. The maximum atomic E-state index is 10.5. The minimum absolute atomic E-state index is 0.567. The summed E-state index contributed by atoms with van der Waals surface area (Å²) in [6, 6.07) is 11.3. The molecular weight excluding hydrogens is 280 g/mol. The van der Waals surface area contributed by atoms with Crippen LogP contribution in [0.3, 0.4) is 0 Å². The van der Waals surface area contributed by atoms with E-state index in [1.165, 1.54) is 7.05 Å². The molecule has 0 aliphatic carbocycles. The minimum atomic E-state index is -1.40. The Balaban J connectivity index is 2.02. The average Bonchev–Trinajstić information content (AvgIpc) is 2.53. The maximum Gasteiger partial charge on any atom is 0.169 e. The van der Waals surface area contributed by atoms with Crippen LogP contribution < -0.4 is 9.67 Å². The third-order valence-corrected chi connectivity index (χ3v) is 2.92. The summed E-state index contributed by atoms with van der Waals surface area (Å²) in [7, 11) is 3.23. The Bertz CT molecular complexity index is 691. The summed E-state index contributed by atoms with van der Waals surface area (Å²) in [6.07, 6.45) is 6.57. The normalized spacial score (nSPS) is 11.2. The molecule has 1 amide bonds. The number of carbonyl (C=O) groups is 1. The summed E-state index contributed by atoms with van der Waals surface area (Å²) in [6.45, 7) is 0. The van der Waals surface area contributed by atoms with Gasteiger partial charge in [-0.1, -0.05) is 29.5 Å². The fourth-order valence-corrected chi connectivity index (χ4v) is 1.62. The molecule has 0 bridgehead atoms. The second-order valence-electron chi connectivity index (χ2n) is 4.70. The molecule has 0 saturated carbocycles. The third-order valence-electron chi connectivity index (χ3n) is 2.92. The van der Waals surface area contributed by atoms with Crippen molar-refractivity contribution in [2.75, 3.05) is 7.05 Å². The summed E-state index contributed by atoms with van der Waals surface area (Å²) >= 11 is 0. The fourth-order valence-electron chi connectivity index (χ4n) is 1.62. The van der Waals surface area contributed by atoms with Gasteiger partial charge in [0.2, 0.25) is 0 Å². The van der Waals surface area contributed by atoms with E-state index in [9.17, 15) is 9.90 Å². The highest BCUT2D eigenvalue weighted by Crippen LogP contribution is 2.15. The van der Waals surface area contributed by atoms with E-state index in [2.05, 4.69) is 10.3 Å². The zero-order valence-corrected chi connectivity index (χ0v) is 12.4. The second kappa shape index (κ2) is 7.12. The SMILES string of the molecule is CN(N=Nc1ccc(/C=C/c2cc[n+](C)cc2)cc1)C(=O)[O-]. The number of hydrogen-bond donors (Lipinski definition) is 0. The summed E-state index contributed by atoms with van der Waals surface area (Å²) < 4.78 is 1.97. The molecular formula is C16H16N4O2. The fraction of sp³-hybridized carbons (Fsp3) is 0.125. The molecule has 0 N–H and O–H groups in total. The average molecular weight is 296 g/mol. The lowest BCUT2D eigenvalue weighted by Gasteiger charge is -2.09. The van der Waals surface area contributed by atoms with Crippen molar-refractivity contribution in [1.29, 1.82) is 0 Å². The quantitative estimate of drug-likeness (QED) is 0.491. The molecule has 1 heterocycles. The van der Waals surface area contributed by atoms with Gasteiger partial charge >= 0.3 is 0 Å². The van der Waals surface area contributed by atoms with Gasteiger partial charge in [0, 0.05) is 19.2 Å². The predicted octanol–water partition coefficient (Wildman–Crippen LogP) is 1.96. The molecule has 0 spiro atoms. The van der Waals surface area contributed by atoms with Gasteiger partial charge in [0.25, 0.3) is 0 Å². The van der Waals surface area contributed by atoms with Gasteiger partial charge in [0.15, 0.2) is 18.5 Å². The third kappa shape index (κ3) is 4.52. The molecule has 112 valence electrons. The number of pyridine rings is 1. The minimum Gasteiger partial charge on any atom is -0.529 e. The number of aryl methyl sites for hydroxylation is 1. The lowest BCUT2D eigenvalue weighted by molar-refractivity contribution is -0.671. The van der Waals surface area contributed by atoms with Crippen molar-refractivity contribution in [3.63, 3.8) is 0 Å². The Morgan fingerprint density at radius 2 is 1.64 bits per heavy atom. The maximum absolute atomic E-state index is 10.5. The van der Waals surface area contributed by atoms with Crippen LogP contribution in [0.15, 0.2) is 59.1 Å². The Kier molecular flexibility index (Phi) is 4.98. The van der Waals surface area contributed by atoms with Crippen LogP contribution in [0.4, 0.5) is 10.5 Å². The first kappa shape index (κ1) is 15.4. The van der Waals surface area contributed by atoms with Crippen LogP contribution in [-0.4, -0.2) is 18.1 Å². The lowest BCUT2D eigenvalue weighted by Crippen LogP contribution is -2.34. The van der Waals surface area contributed by atoms with E-state index < -0.39 is 6.09 Å². The van der Waals surface area contributed by atoms with Crippen molar-refractivity contribution >= 4 is 23.9 Å². The Labute approximate surface area is 128 Å². The van der Waals surface area contributed by atoms with Crippen LogP contribution in [0.25, 0.3) is 12.2 Å². The molecule has 0 radical (unpaired) electrons. The highest BCUT2D eigenvalue weighted by atomic mass is 16.4. The van der Waals surface area contributed by atoms with Crippen molar-refractivity contribution in [3.05, 3.63) is 59.9 Å². The van der Waals surface area contributed by atoms with Gasteiger partial charge in [-0.25, -0.2) is 9.58 Å². The van der Waals surface area contributed by atoms with E-state index in [-0.39, 0.29) is 0 Å². The van der Waals surface area contributed by atoms with Crippen molar-refractivity contribution in [2.24, 2.45) is 17.4 Å². The van der Waals surface area contributed by atoms with Crippen LogP contribution in [-0.2, 0) is 7.05 Å². The largest absolute Gasteiger partial charge is 0.529 e. The number of hydrogen-bond acceptors (Lipinski definition) is 4. The van der Waals surface area contributed by atoms with E-state index in [4.69, 9.17) is 0 Å². The summed E-state index contributed by atoms with van der Waals surface area (Å²) in [5, 5.41) is 18.4. The molecule has 1 aromatic carbocycles. The van der Waals surface area contributed by atoms with Crippen LogP contribution >= 0.6 is 0 Å². The number of benzene rings is 1. The number of rotatable bonds is 4. The molecule has 2 rings (SSSR count). The van der Waals surface area contributed by atoms with E-state index in [1.807, 2.05) is 60.4 Å². The summed E-state index contributed by atoms with van der Waals surface area (Å²) in [5.74, 6) is 0. The van der Waals surface area contributed by atoms with Gasteiger partial charge in [-0.05, 0) is 23.3 Å². The topological polar surface area (TPSA) is 72.0 Å². The highest BCUT2D eigenvalue weighted by Gasteiger charge is 1.95. The van der Waals surface area contributed by atoms with Crippen molar-refractivity contribution in [3.8, 4) is 0 Å². The summed E-state index contributed by atoms with van der Waals surface area (Å²) in [4.78, 5) is 10.5. The lowest BCUT2D eigenvalue weighted by atomic mass is 10.1. The van der Waals surface area contributed by atoms with Crippen LogP contribution in [0, 0.1) is 0 Å². The van der Waals surface area contributed by atoms with E-state index in [0.29, 0.717) is 10.7 Å². The van der Waals surface area contributed by atoms with Gasteiger partial charge in [0.1, 0.15) is 7.05 Å². The van der Waals surface area contributed by atoms with Crippen molar-refractivity contribution in [1.82, 2.24) is 5.01 Å². The van der Waals surface area contributed by atoms with Crippen molar-refractivity contribution < 1.29 is 14.5 Å². The first-order valence-electron chi connectivity index (χ1n) is 6.64. The van der Waals surface area contributed by atoms with Gasteiger partial charge in [0.05, 0.1) is 5.69 Å². The molecule has 0 aliphatic heterocycles. The number of nitrogens with zero attached hydrogens (tertiary/aromatic N) is 4. The van der Waals surface area contributed by atoms with Gasteiger partial charge < -0.3 is 9.90 Å². The van der Waals surface area contributed by atoms with Crippen LogP contribution in [0.5, 0.6) is 0 Å². The molecule has 0 saturated heterocycles. The molecule has 6 heteroatoms. The van der Waals surface area contributed by atoms with Gasteiger partial charge in [-0.15, -0.1) is 5.11 Å². The number of carbonyl (C=O) groups excluding carboxylic acids is 1. The number of carboxylic acid groups (broad SMARTS) is 1.